The number of fused-ring (bicyclic) bond motifs is 1. The first kappa shape index (κ1) is 27.1. The van der Waals surface area contributed by atoms with Crippen LogP contribution in [-0.4, -0.2) is 77.5 Å². The molecule has 1 aromatic rings. The van der Waals surface area contributed by atoms with E-state index in [2.05, 4.69) is 15.5 Å². The number of nitrogens with one attached hydrogen (secondary N) is 2. The van der Waals surface area contributed by atoms with E-state index in [-0.39, 0.29) is 23.8 Å². The van der Waals surface area contributed by atoms with Gasteiger partial charge in [-0.05, 0) is 57.0 Å². The third kappa shape index (κ3) is 4.98. The molecule has 0 aromatic heterocycles. The quantitative estimate of drug-likeness (QED) is 0.480. The third-order valence-corrected chi connectivity index (χ3v) is 9.91. The zero-order valence-corrected chi connectivity index (χ0v) is 23.6. The Morgan fingerprint density at radius 3 is 2.46 bits per heavy atom. The molecule has 2 unspecified atom stereocenters. The number of nitrogens with zero attached hydrogens (tertiary/aromatic N) is 2. The Hall–Kier alpha value is -2.13. The molecule has 39 heavy (non-hydrogen) atoms. The lowest BCUT2D eigenvalue weighted by Crippen LogP contribution is -2.57. The number of piperidine rings is 1. The number of carbonyl (C=O) groups is 3. The van der Waals surface area contributed by atoms with Crippen LogP contribution in [0.5, 0.6) is 0 Å². The first-order valence-corrected chi connectivity index (χ1v) is 15.1. The molecule has 4 heterocycles. The maximum Gasteiger partial charge on any atom is 0.246 e. The zero-order valence-electron chi connectivity index (χ0n) is 22.0. The summed E-state index contributed by atoms with van der Waals surface area (Å²) in [6.07, 6.45) is 11.9. The van der Waals surface area contributed by atoms with E-state index in [4.69, 9.17) is 27.9 Å². The molecule has 3 saturated heterocycles. The van der Waals surface area contributed by atoms with E-state index >= 15 is 0 Å². The maximum absolute atomic E-state index is 14.1. The van der Waals surface area contributed by atoms with Crippen molar-refractivity contribution in [2.24, 2.45) is 11.8 Å². The van der Waals surface area contributed by atoms with Crippen LogP contribution in [0.4, 0.5) is 5.69 Å². The molecule has 0 radical (unpaired) electrons. The number of rotatable bonds is 7. The van der Waals surface area contributed by atoms with Crippen LogP contribution in [0.3, 0.4) is 0 Å². The third-order valence-electron chi connectivity index (χ3n) is 9.17. The van der Waals surface area contributed by atoms with Crippen molar-refractivity contribution in [3.05, 3.63) is 40.4 Å². The van der Waals surface area contributed by atoms with Crippen molar-refractivity contribution in [3.8, 4) is 0 Å². The van der Waals surface area contributed by atoms with Gasteiger partial charge in [-0.25, -0.2) is 0 Å². The van der Waals surface area contributed by atoms with Gasteiger partial charge in [0.25, 0.3) is 0 Å². The Bertz CT molecular complexity index is 1170. The van der Waals surface area contributed by atoms with Crippen molar-refractivity contribution in [1.82, 2.24) is 15.1 Å². The first-order chi connectivity index (χ1) is 18.9. The number of likely N-dealkylation sites (tertiary alicyclic amines) is 2. The van der Waals surface area contributed by atoms with Gasteiger partial charge in [0.15, 0.2) is 0 Å². The fourth-order valence-electron chi connectivity index (χ4n) is 7.27. The molecule has 4 aliphatic heterocycles. The number of ether oxygens (including phenoxy) is 1. The summed E-state index contributed by atoms with van der Waals surface area (Å²) in [4.78, 5) is 45.7. The van der Waals surface area contributed by atoms with Crippen molar-refractivity contribution in [2.45, 2.75) is 75.2 Å². The molecular weight excluding hydrogens is 539 g/mol. The van der Waals surface area contributed by atoms with Crippen LogP contribution < -0.4 is 10.6 Å². The lowest BCUT2D eigenvalue weighted by Gasteiger charge is -2.35. The minimum atomic E-state index is -1.15. The molecule has 210 valence electrons. The Morgan fingerprint density at radius 2 is 1.72 bits per heavy atom. The van der Waals surface area contributed by atoms with Gasteiger partial charge < -0.3 is 25.2 Å². The molecule has 3 amide bonds. The molecule has 2 bridgehead atoms. The molecule has 10 heteroatoms. The number of hydrogen-bond donors (Lipinski definition) is 2. The lowest BCUT2D eigenvalue weighted by atomic mass is 9.74. The minimum Gasteiger partial charge on any atom is -0.359 e. The summed E-state index contributed by atoms with van der Waals surface area (Å²) in [5.74, 6) is -2.20. The Morgan fingerprint density at radius 1 is 0.974 bits per heavy atom. The van der Waals surface area contributed by atoms with Gasteiger partial charge in [-0.1, -0.05) is 61.0 Å². The highest BCUT2D eigenvalue weighted by Crippen LogP contribution is 2.55. The summed E-state index contributed by atoms with van der Waals surface area (Å²) in [7, 11) is 0. The second kappa shape index (κ2) is 11.0. The summed E-state index contributed by atoms with van der Waals surface area (Å²) in [5, 5.41) is 6.87. The average Bonchev–Trinajstić information content (AvgIpc) is 3.58. The maximum atomic E-state index is 14.1. The van der Waals surface area contributed by atoms with Crippen LogP contribution in [0.1, 0.15) is 51.4 Å². The Balaban J connectivity index is 1.26. The van der Waals surface area contributed by atoms with Crippen LogP contribution in [-0.2, 0) is 19.1 Å². The highest BCUT2D eigenvalue weighted by molar-refractivity contribution is 6.42. The predicted molar refractivity (Wildman–Crippen MR) is 150 cm³/mol. The minimum absolute atomic E-state index is 0.108. The molecule has 5 atom stereocenters. The molecule has 2 N–H and O–H groups in total. The highest BCUT2D eigenvalue weighted by Gasteiger charge is 2.72. The number of hydrogen-bond acceptors (Lipinski definition) is 5. The van der Waals surface area contributed by atoms with Gasteiger partial charge in [0, 0.05) is 24.8 Å². The van der Waals surface area contributed by atoms with Gasteiger partial charge in [0.2, 0.25) is 17.7 Å². The van der Waals surface area contributed by atoms with Crippen molar-refractivity contribution in [3.63, 3.8) is 0 Å². The van der Waals surface area contributed by atoms with Crippen LogP contribution in [0.15, 0.2) is 30.4 Å². The van der Waals surface area contributed by atoms with Gasteiger partial charge in [0.1, 0.15) is 11.6 Å². The van der Waals surface area contributed by atoms with Gasteiger partial charge in [-0.15, -0.1) is 0 Å². The predicted octanol–water partition coefficient (Wildman–Crippen LogP) is 4.02. The van der Waals surface area contributed by atoms with E-state index in [1.54, 1.807) is 23.1 Å². The zero-order chi connectivity index (χ0) is 27.1. The monoisotopic (exact) mass is 574 g/mol. The number of anilines is 1. The first-order valence-electron chi connectivity index (χ1n) is 14.3. The van der Waals surface area contributed by atoms with E-state index in [0.717, 1.165) is 51.6 Å². The van der Waals surface area contributed by atoms with Crippen LogP contribution in [0.25, 0.3) is 0 Å². The van der Waals surface area contributed by atoms with Crippen LogP contribution >= 0.6 is 23.2 Å². The molecule has 8 nitrogen and oxygen atoms in total. The Kier molecular flexibility index (Phi) is 7.66. The van der Waals surface area contributed by atoms with Crippen molar-refractivity contribution < 1.29 is 19.1 Å². The molecule has 1 spiro atoms. The van der Waals surface area contributed by atoms with Gasteiger partial charge in [-0.2, -0.15) is 0 Å². The smallest absolute Gasteiger partial charge is 0.246 e. The van der Waals surface area contributed by atoms with E-state index in [1.807, 2.05) is 12.2 Å². The van der Waals surface area contributed by atoms with E-state index in [1.165, 1.54) is 12.8 Å². The molecule has 6 rings (SSSR count). The number of carbonyl (C=O) groups excluding carboxylic acids is 3. The van der Waals surface area contributed by atoms with E-state index in [0.29, 0.717) is 28.8 Å². The summed E-state index contributed by atoms with van der Waals surface area (Å²) >= 11 is 12.2. The van der Waals surface area contributed by atoms with Gasteiger partial charge in [0.05, 0.1) is 28.0 Å². The number of benzene rings is 1. The molecule has 4 fully saturated rings. The Labute approximate surface area is 239 Å². The SMILES string of the molecule is O=C(Nc1ccc(Cl)c(Cl)c1)C1[C@@H]2C=C[C@]3(O2)C(C(=O)NC2CCCCC2)N(CCN2CCCCC2)C(=O)[C@H]13. The summed E-state index contributed by atoms with van der Waals surface area (Å²) in [6, 6.07) is 4.19. The van der Waals surface area contributed by atoms with Gasteiger partial charge in [-0.3, -0.25) is 14.4 Å². The average molecular weight is 576 g/mol. The number of halogens is 2. The number of amides is 3. The summed E-state index contributed by atoms with van der Waals surface area (Å²) in [5.41, 5.74) is -0.656. The van der Waals surface area contributed by atoms with Crippen LogP contribution in [0, 0.1) is 11.8 Å². The summed E-state index contributed by atoms with van der Waals surface area (Å²) in [6.45, 7) is 3.14. The molecule has 1 saturated carbocycles. The van der Waals surface area contributed by atoms with E-state index < -0.39 is 29.6 Å². The van der Waals surface area contributed by atoms with Crippen molar-refractivity contribution in [1.29, 1.82) is 0 Å². The van der Waals surface area contributed by atoms with Gasteiger partial charge >= 0.3 is 0 Å². The lowest BCUT2D eigenvalue weighted by molar-refractivity contribution is -0.141. The summed E-state index contributed by atoms with van der Waals surface area (Å²) < 4.78 is 6.46. The van der Waals surface area contributed by atoms with Crippen molar-refractivity contribution >= 4 is 46.6 Å². The molecule has 1 aliphatic carbocycles. The van der Waals surface area contributed by atoms with Crippen molar-refractivity contribution in [2.75, 3.05) is 31.5 Å². The van der Waals surface area contributed by atoms with Crippen LogP contribution in [0.2, 0.25) is 10.0 Å². The largest absolute Gasteiger partial charge is 0.359 e. The molecular formula is C29H36Cl2N4O4. The van der Waals surface area contributed by atoms with E-state index in [9.17, 15) is 14.4 Å². The molecule has 1 aromatic carbocycles. The second-order valence-electron chi connectivity index (χ2n) is 11.6. The normalized spacial score (nSPS) is 32.5. The standard InChI is InChI=1S/C29H36Cl2N4O4/c30-20-10-9-19(17-21(20)31)33-26(36)23-22-11-12-29(39-22)24(23)28(38)35(16-15-34-13-5-2-6-14-34)25(29)27(37)32-18-7-3-1-4-8-18/h9-12,17-18,22-25H,1-8,13-16H2,(H,32,37)(H,33,36)/t22-,23?,24-,25?,29+/m0/s1. The fraction of sp³-hybridized carbons (Fsp3) is 0.621. The second-order valence-corrected chi connectivity index (χ2v) is 12.4. The molecule has 5 aliphatic rings. The topological polar surface area (TPSA) is 91.0 Å². The fourth-order valence-corrected chi connectivity index (χ4v) is 7.56. The highest BCUT2D eigenvalue weighted by atomic mass is 35.5.